The van der Waals surface area contributed by atoms with Crippen LogP contribution in [0.1, 0.15) is 64.7 Å². The first-order valence-electron chi connectivity index (χ1n) is 8.58. The minimum absolute atomic E-state index is 0.533. The molecular weight excluding hydrogens is 296 g/mol. The second-order valence-corrected chi connectivity index (χ2v) is 9.24. The highest BCUT2D eigenvalue weighted by Gasteiger charge is 2.34. The van der Waals surface area contributed by atoms with Crippen molar-refractivity contribution in [3.63, 3.8) is 0 Å². The number of unbranched alkanes of at least 4 members (excludes halogenated alkanes) is 5. The van der Waals surface area contributed by atoms with Gasteiger partial charge in [-0.1, -0.05) is 45.4 Å². The lowest BCUT2D eigenvalue weighted by molar-refractivity contribution is 0.526. The number of hydrogen-bond acceptors (Lipinski definition) is 3. The van der Waals surface area contributed by atoms with Gasteiger partial charge in [0.2, 0.25) is 0 Å². The molecule has 1 aromatic heterocycles. The van der Waals surface area contributed by atoms with Crippen LogP contribution in [0.3, 0.4) is 0 Å². The van der Waals surface area contributed by atoms with Crippen molar-refractivity contribution in [2.24, 2.45) is 0 Å². The van der Waals surface area contributed by atoms with Gasteiger partial charge in [-0.25, -0.2) is 4.98 Å². The van der Waals surface area contributed by atoms with E-state index in [2.05, 4.69) is 46.2 Å². The lowest BCUT2D eigenvalue weighted by atomic mass is 10.1. The van der Waals surface area contributed by atoms with E-state index in [1.165, 1.54) is 69.3 Å². The average Bonchev–Trinajstić information content (AvgIpc) is 3.15. The number of hydrogen-bond donors (Lipinski definition) is 0. The Morgan fingerprint density at radius 3 is 2.43 bits per heavy atom. The molecule has 0 atom stereocenters. The van der Waals surface area contributed by atoms with Crippen molar-refractivity contribution in [3.05, 3.63) is 18.7 Å². The summed E-state index contributed by atoms with van der Waals surface area (Å²) < 4.78 is 2.74. The summed E-state index contributed by atoms with van der Waals surface area (Å²) in [5.74, 6) is 2.71. The molecule has 1 aliphatic rings. The van der Waals surface area contributed by atoms with Crippen LogP contribution in [0.15, 0.2) is 18.7 Å². The molecule has 2 heterocycles. The van der Waals surface area contributed by atoms with Gasteiger partial charge < -0.3 is 4.57 Å². The van der Waals surface area contributed by atoms with Crippen LogP contribution in [0.5, 0.6) is 0 Å². The van der Waals surface area contributed by atoms with Crippen LogP contribution in [0.25, 0.3) is 0 Å². The van der Waals surface area contributed by atoms with Gasteiger partial charge in [0.15, 0.2) is 0 Å². The Morgan fingerprint density at radius 2 is 1.71 bits per heavy atom. The highest BCUT2D eigenvalue weighted by atomic mass is 32.2. The van der Waals surface area contributed by atoms with Crippen LogP contribution >= 0.6 is 23.5 Å². The maximum Gasteiger partial charge on any atom is 0.0945 e. The molecule has 21 heavy (non-hydrogen) atoms. The van der Waals surface area contributed by atoms with Gasteiger partial charge in [0, 0.05) is 30.4 Å². The molecule has 0 amide bonds. The number of thioether (sulfide) groups is 2. The Kier molecular flexibility index (Phi) is 8.08. The number of imidazole rings is 1. The number of nitrogens with zero attached hydrogens (tertiary/aromatic N) is 2. The summed E-state index contributed by atoms with van der Waals surface area (Å²) in [4.78, 5) is 4.13. The Hall–Kier alpha value is -0.0900. The molecule has 1 aromatic rings. The first-order chi connectivity index (χ1) is 10.3. The Balaban J connectivity index is 1.64. The van der Waals surface area contributed by atoms with Crippen LogP contribution < -0.4 is 0 Å². The van der Waals surface area contributed by atoms with E-state index in [9.17, 15) is 0 Å². The molecule has 0 aromatic carbocycles. The van der Waals surface area contributed by atoms with Crippen LogP contribution in [0.2, 0.25) is 0 Å². The van der Waals surface area contributed by atoms with Crippen molar-refractivity contribution in [2.45, 2.75) is 75.3 Å². The highest BCUT2D eigenvalue weighted by Crippen LogP contribution is 2.50. The summed E-state index contributed by atoms with van der Waals surface area (Å²) in [6.07, 6.45) is 18.5. The lowest BCUT2D eigenvalue weighted by Crippen LogP contribution is -2.18. The lowest BCUT2D eigenvalue weighted by Gasteiger charge is -2.27. The van der Waals surface area contributed by atoms with Crippen LogP contribution in [-0.4, -0.2) is 25.1 Å². The molecule has 1 aliphatic heterocycles. The smallest absolute Gasteiger partial charge is 0.0945 e. The highest BCUT2D eigenvalue weighted by molar-refractivity contribution is 8.21. The number of rotatable bonds is 11. The van der Waals surface area contributed by atoms with Crippen LogP contribution in [-0.2, 0) is 6.54 Å². The molecule has 120 valence electrons. The second kappa shape index (κ2) is 9.83. The first-order valence-corrected chi connectivity index (χ1v) is 10.6. The SMILES string of the molecule is CCCCCCCCC1(CCCn2ccnc2)SCCS1. The first kappa shape index (κ1) is 17.3. The number of aryl methyl sites for hydroxylation is 1. The Bertz CT molecular complexity index is 359. The summed E-state index contributed by atoms with van der Waals surface area (Å²) in [5.41, 5.74) is 0. The molecule has 0 radical (unpaired) electrons. The largest absolute Gasteiger partial charge is 0.337 e. The fraction of sp³-hybridized carbons (Fsp3) is 0.824. The quantitative estimate of drug-likeness (QED) is 0.494. The van der Waals surface area contributed by atoms with Gasteiger partial charge in [-0.2, -0.15) is 0 Å². The van der Waals surface area contributed by atoms with E-state index < -0.39 is 0 Å². The molecular formula is C17H30N2S2. The van der Waals surface area contributed by atoms with Gasteiger partial charge in [-0.3, -0.25) is 0 Å². The van der Waals surface area contributed by atoms with Gasteiger partial charge >= 0.3 is 0 Å². The standard InChI is InChI=1S/C17H30N2S2/c1-2-3-4-5-6-7-9-17(20-14-15-21-17)10-8-12-19-13-11-18-16-19/h11,13,16H,2-10,12,14-15H2,1H3. The molecule has 1 saturated heterocycles. The monoisotopic (exact) mass is 326 g/mol. The van der Waals surface area contributed by atoms with Gasteiger partial charge in [0.05, 0.1) is 10.4 Å². The Morgan fingerprint density at radius 1 is 1.00 bits per heavy atom. The van der Waals surface area contributed by atoms with E-state index in [4.69, 9.17) is 0 Å². The summed E-state index contributed by atoms with van der Waals surface area (Å²) in [6, 6.07) is 0. The van der Waals surface area contributed by atoms with Crippen molar-refractivity contribution in [1.29, 1.82) is 0 Å². The molecule has 0 aliphatic carbocycles. The fourth-order valence-electron chi connectivity index (χ4n) is 3.04. The van der Waals surface area contributed by atoms with Crippen molar-refractivity contribution in [3.8, 4) is 0 Å². The average molecular weight is 327 g/mol. The zero-order chi connectivity index (χ0) is 14.8. The molecule has 0 bridgehead atoms. The van der Waals surface area contributed by atoms with E-state index in [0.29, 0.717) is 4.08 Å². The zero-order valence-electron chi connectivity index (χ0n) is 13.4. The normalized spacial score (nSPS) is 17.4. The summed E-state index contributed by atoms with van der Waals surface area (Å²) in [5, 5.41) is 0. The molecule has 2 nitrogen and oxygen atoms in total. The maximum atomic E-state index is 4.13. The van der Waals surface area contributed by atoms with Crippen molar-refractivity contribution >= 4 is 23.5 Å². The van der Waals surface area contributed by atoms with Gasteiger partial charge in [-0.05, 0) is 19.3 Å². The van der Waals surface area contributed by atoms with E-state index in [-0.39, 0.29) is 0 Å². The van der Waals surface area contributed by atoms with E-state index in [1.807, 2.05) is 12.5 Å². The van der Waals surface area contributed by atoms with Crippen LogP contribution in [0.4, 0.5) is 0 Å². The molecule has 0 saturated carbocycles. The number of aromatic nitrogens is 2. The minimum atomic E-state index is 0.533. The van der Waals surface area contributed by atoms with Crippen molar-refractivity contribution < 1.29 is 0 Å². The van der Waals surface area contributed by atoms with E-state index >= 15 is 0 Å². The molecule has 2 rings (SSSR count). The second-order valence-electron chi connectivity index (χ2n) is 6.03. The summed E-state index contributed by atoms with van der Waals surface area (Å²) >= 11 is 4.47. The third-order valence-corrected chi connectivity index (χ3v) is 7.91. The summed E-state index contributed by atoms with van der Waals surface area (Å²) in [7, 11) is 0. The third kappa shape index (κ3) is 6.27. The van der Waals surface area contributed by atoms with Crippen molar-refractivity contribution in [2.75, 3.05) is 11.5 Å². The summed E-state index contributed by atoms with van der Waals surface area (Å²) in [6.45, 7) is 3.42. The van der Waals surface area contributed by atoms with Gasteiger partial charge in [0.25, 0.3) is 0 Å². The predicted octanol–water partition coefficient (Wildman–Crippen LogP) is 5.59. The van der Waals surface area contributed by atoms with Crippen LogP contribution in [0, 0.1) is 0 Å². The third-order valence-electron chi connectivity index (χ3n) is 4.26. The molecule has 0 unspecified atom stereocenters. The van der Waals surface area contributed by atoms with Gasteiger partial charge in [-0.15, -0.1) is 23.5 Å². The molecule has 4 heteroatoms. The predicted molar refractivity (Wildman–Crippen MR) is 97.1 cm³/mol. The molecule has 0 spiro atoms. The maximum absolute atomic E-state index is 4.13. The van der Waals surface area contributed by atoms with E-state index in [1.54, 1.807) is 0 Å². The Labute approximate surface area is 138 Å². The minimum Gasteiger partial charge on any atom is -0.337 e. The topological polar surface area (TPSA) is 17.8 Å². The van der Waals surface area contributed by atoms with E-state index in [0.717, 1.165) is 6.54 Å². The van der Waals surface area contributed by atoms with Gasteiger partial charge in [0.1, 0.15) is 0 Å². The van der Waals surface area contributed by atoms with Crippen molar-refractivity contribution in [1.82, 2.24) is 9.55 Å². The zero-order valence-corrected chi connectivity index (χ0v) is 15.1. The fourth-order valence-corrected chi connectivity index (χ4v) is 6.43. The molecule has 0 N–H and O–H groups in total. The molecule has 1 fully saturated rings.